The van der Waals surface area contributed by atoms with Gasteiger partial charge in [-0.2, -0.15) is 0 Å². The molecule has 0 spiro atoms. The molecule has 0 unspecified atom stereocenters. The molecule has 0 aliphatic rings. The molecular formula is C12H10Cl2N2O. The molecule has 2 rings (SSSR count). The summed E-state index contributed by atoms with van der Waals surface area (Å²) < 4.78 is 1.59. The van der Waals surface area contributed by atoms with Crippen LogP contribution in [0.3, 0.4) is 0 Å². The number of aromatic nitrogens is 2. The van der Waals surface area contributed by atoms with Crippen LogP contribution in [0.15, 0.2) is 35.3 Å². The molecule has 3 nitrogen and oxygen atoms in total. The van der Waals surface area contributed by atoms with Crippen molar-refractivity contribution in [2.45, 2.75) is 13.5 Å². The Bertz CT molecular complexity index is 608. The predicted molar refractivity (Wildman–Crippen MR) is 68.8 cm³/mol. The molecule has 0 fully saturated rings. The lowest BCUT2D eigenvalue weighted by atomic mass is 10.2. The molecule has 88 valence electrons. The summed E-state index contributed by atoms with van der Waals surface area (Å²) in [5, 5.41) is 0.668. The van der Waals surface area contributed by atoms with Gasteiger partial charge in [0.2, 0.25) is 0 Å². The van der Waals surface area contributed by atoms with Crippen molar-refractivity contribution in [3.8, 4) is 0 Å². The highest BCUT2D eigenvalue weighted by Gasteiger charge is 2.05. The lowest BCUT2D eigenvalue weighted by Gasteiger charge is -2.07. The molecule has 0 saturated carbocycles. The van der Waals surface area contributed by atoms with E-state index in [1.807, 2.05) is 6.07 Å². The first kappa shape index (κ1) is 12.1. The minimum atomic E-state index is -0.0292. The Balaban J connectivity index is 2.38. The van der Waals surface area contributed by atoms with Crippen LogP contribution in [0.2, 0.25) is 10.3 Å². The van der Waals surface area contributed by atoms with Gasteiger partial charge in [0.25, 0.3) is 5.56 Å². The van der Waals surface area contributed by atoms with Crippen LogP contribution in [0.5, 0.6) is 0 Å². The van der Waals surface area contributed by atoms with Gasteiger partial charge >= 0.3 is 0 Å². The maximum Gasteiger partial charge on any atom is 0.253 e. The van der Waals surface area contributed by atoms with Gasteiger partial charge in [-0.3, -0.25) is 4.79 Å². The van der Waals surface area contributed by atoms with E-state index in [1.54, 1.807) is 35.9 Å². The predicted octanol–water partition coefficient (Wildman–Crippen LogP) is 2.91. The first-order valence-electron chi connectivity index (χ1n) is 5.05. The fourth-order valence-electron chi connectivity index (χ4n) is 1.52. The third kappa shape index (κ3) is 2.68. The van der Waals surface area contributed by atoms with Gasteiger partial charge in [0.1, 0.15) is 10.3 Å². The van der Waals surface area contributed by atoms with Gasteiger partial charge in [-0.25, -0.2) is 4.98 Å². The molecule has 0 bridgehead atoms. The van der Waals surface area contributed by atoms with Gasteiger partial charge in [0.05, 0.1) is 6.54 Å². The zero-order chi connectivity index (χ0) is 12.4. The molecule has 17 heavy (non-hydrogen) atoms. The molecule has 0 amide bonds. The number of hydrogen-bond donors (Lipinski definition) is 0. The number of rotatable bonds is 2. The quantitative estimate of drug-likeness (QED) is 0.786. The van der Waals surface area contributed by atoms with Gasteiger partial charge in [-0.05, 0) is 19.1 Å². The SMILES string of the molecule is Cc1cccn(Cc2ccc(Cl)nc2Cl)c1=O. The molecule has 0 aromatic carbocycles. The minimum Gasteiger partial charge on any atom is -0.311 e. The third-order valence-corrected chi connectivity index (χ3v) is 2.98. The fraction of sp³-hybridized carbons (Fsp3) is 0.167. The number of aryl methyl sites for hydroxylation is 1. The summed E-state index contributed by atoms with van der Waals surface area (Å²) in [4.78, 5) is 15.8. The number of hydrogen-bond acceptors (Lipinski definition) is 2. The van der Waals surface area contributed by atoms with Gasteiger partial charge in [-0.1, -0.05) is 35.3 Å². The van der Waals surface area contributed by atoms with Crippen LogP contribution in [0.1, 0.15) is 11.1 Å². The van der Waals surface area contributed by atoms with E-state index in [1.165, 1.54) is 0 Å². The Labute approximate surface area is 109 Å². The molecule has 5 heteroatoms. The molecule has 0 saturated heterocycles. The van der Waals surface area contributed by atoms with Crippen LogP contribution in [-0.2, 0) is 6.54 Å². The molecule has 0 aliphatic carbocycles. The number of nitrogens with zero attached hydrogens (tertiary/aromatic N) is 2. The minimum absolute atomic E-state index is 0.0292. The van der Waals surface area contributed by atoms with Gasteiger partial charge < -0.3 is 4.57 Å². The number of pyridine rings is 2. The summed E-state index contributed by atoms with van der Waals surface area (Å²) in [6.45, 7) is 2.17. The van der Waals surface area contributed by atoms with Crippen molar-refractivity contribution in [1.82, 2.24) is 9.55 Å². The van der Waals surface area contributed by atoms with E-state index in [0.29, 0.717) is 22.4 Å². The van der Waals surface area contributed by atoms with Crippen LogP contribution in [0, 0.1) is 6.92 Å². The fourth-order valence-corrected chi connectivity index (χ4v) is 1.93. The summed E-state index contributed by atoms with van der Waals surface area (Å²) in [5.41, 5.74) is 1.44. The second-order valence-corrected chi connectivity index (χ2v) is 4.45. The molecule has 0 radical (unpaired) electrons. The van der Waals surface area contributed by atoms with Crippen molar-refractivity contribution in [3.05, 3.63) is 62.2 Å². The summed E-state index contributed by atoms with van der Waals surface area (Å²) in [6, 6.07) is 7.03. The van der Waals surface area contributed by atoms with E-state index in [-0.39, 0.29) is 5.56 Å². The summed E-state index contributed by atoms with van der Waals surface area (Å²) in [7, 11) is 0. The van der Waals surface area contributed by atoms with Crippen LogP contribution in [0.4, 0.5) is 0 Å². The Morgan fingerprint density at radius 1 is 1.29 bits per heavy atom. The lowest BCUT2D eigenvalue weighted by molar-refractivity contribution is 0.750. The highest BCUT2D eigenvalue weighted by molar-refractivity contribution is 6.32. The van der Waals surface area contributed by atoms with Gasteiger partial charge in [0, 0.05) is 17.3 Å². The van der Waals surface area contributed by atoms with Crippen molar-refractivity contribution in [1.29, 1.82) is 0 Å². The Hall–Kier alpha value is -1.32. The zero-order valence-corrected chi connectivity index (χ0v) is 10.7. The smallest absolute Gasteiger partial charge is 0.253 e. The first-order chi connectivity index (χ1) is 8.08. The van der Waals surface area contributed by atoms with Crippen molar-refractivity contribution in [3.63, 3.8) is 0 Å². The molecule has 2 heterocycles. The molecule has 2 aromatic rings. The van der Waals surface area contributed by atoms with E-state index in [0.717, 1.165) is 5.56 Å². The standard InChI is InChI=1S/C12H10Cl2N2O/c1-8-3-2-6-16(12(8)17)7-9-4-5-10(13)15-11(9)14/h2-6H,7H2,1H3. The zero-order valence-electron chi connectivity index (χ0n) is 9.15. The molecule has 0 aliphatic heterocycles. The second kappa shape index (κ2) is 4.90. The summed E-state index contributed by atoms with van der Waals surface area (Å²) in [5.74, 6) is 0. The highest BCUT2D eigenvalue weighted by atomic mass is 35.5. The van der Waals surface area contributed by atoms with Crippen molar-refractivity contribution >= 4 is 23.2 Å². The van der Waals surface area contributed by atoms with Crippen LogP contribution < -0.4 is 5.56 Å². The van der Waals surface area contributed by atoms with E-state index in [4.69, 9.17) is 23.2 Å². The topological polar surface area (TPSA) is 34.9 Å². The van der Waals surface area contributed by atoms with Crippen molar-refractivity contribution < 1.29 is 0 Å². The lowest BCUT2D eigenvalue weighted by Crippen LogP contribution is -2.21. The average Bonchev–Trinajstić information content (AvgIpc) is 2.28. The maximum absolute atomic E-state index is 11.8. The number of halogens is 2. The van der Waals surface area contributed by atoms with Crippen LogP contribution in [-0.4, -0.2) is 9.55 Å². The van der Waals surface area contributed by atoms with Crippen molar-refractivity contribution in [2.24, 2.45) is 0 Å². The largest absolute Gasteiger partial charge is 0.311 e. The van der Waals surface area contributed by atoms with Crippen LogP contribution >= 0.6 is 23.2 Å². The van der Waals surface area contributed by atoms with Crippen molar-refractivity contribution in [2.75, 3.05) is 0 Å². The Morgan fingerprint density at radius 3 is 2.76 bits per heavy atom. The van der Waals surface area contributed by atoms with Crippen LogP contribution in [0.25, 0.3) is 0 Å². The van der Waals surface area contributed by atoms with E-state index < -0.39 is 0 Å². The molecule has 0 atom stereocenters. The Kier molecular flexibility index (Phi) is 3.50. The molecular weight excluding hydrogens is 259 g/mol. The highest BCUT2D eigenvalue weighted by Crippen LogP contribution is 2.17. The second-order valence-electron chi connectivity index (χ2n) is 3.71. The average molecular weight is 269 g/mol. The van der Waals surface area contributed by atoms with Gasteiger partial charge in [0.15, 0.2) is 0 Å². The maximum atomic E-state index is 11.8. The van der Waals surface area contributed by atoms with E-state index in [2.05, 4.69) is 4.98 Å². The van der Waals surface area contributed by atoms with E-state index in [9.17, 15) is 4.79 Å². The van der Waals surface area contributed by atoms with Gasteiger partial charge in [-0.15, -0.1) is 0 Å². The summed E-state index contributed by atoms with van der Waals surface area (Å²) in [6.07, 6.45) is 1.72. The first-order valence-corrected chi connectivity index (χ1v) is 5.80. The normalized spacial score (nSPS) is 10.5. The summed E-state index contributed by atoms with van der Waals surface area (Å²) >= 11 is 11.7. The Morgan fingerprint density at radius 2 is 2.06 bits per heavy atom. The van der Waals surface area contributed by atoms with E-state index >= 15 is 0 Å². The monoisotopic (exact) mass is 268 g/mol. The third-order valence-electron chi connectivity index (χ3n) is 2.44. The molecule has 0 N–H and O–H groups in total. The molecule has 2 aromatic heterocycles.